The zero-order valence-corrected chi connectivity index (χ0v) is 15.4. The van der Waals surface area contributed by atoms with Crippen LogP contribution in [0.3, 0.4) is 0 Å². The summed E-state index contributed by atoms with van der Waals surface area (Å²) in [4.78, 5) is 30.5. The molecule has 0 spiro atoms. The molecule has 1 aromatic rings. The summed E-state index contributed by atoms with van der Waals surface area (Å²) in [5.74, 6) is 0.793. The monoisotopic (exact) mass is 361 g/mol. The third kappa shape index (κ3) is 3.81. The molecule has 0 bridgehead atoms. The lowest BCUT2D eigenvalue weighted by Gasteiger charge is -2.39. The van der Waals surface area contributed by atoms with Crippen molar-refractivity contribution >= 4 is 17.9 Å². The molecule has 0 saturated carbocycles. The number of carbonyl (C=O) groups excluding carboxylic acids is 2. The predicted octanol–water partition coefficient (Wildman–Crippen LogP) is 0.159. The summed E-state index contributed by atoms with van der Waals surface area (Å²) < 4.78 is 1.86. The Morgan fingerprint density at radius 3 is 2.77 bits per heavy atom. The number of aliphatic imine (C=N–C) groups is 1. The highest BCUT2D eigenvalue weighted by molar-refractivity contribution is 6.07. The first-order valence-electron chi connectivity index (χ1n) is 9.17. The summed E-state index contributed by atoms with van der Waals surface area (Å²) in [6.07, 6.45) is 5.34. The highest BCUT2D eigenvalue weighted by Gasteiger charge is 2.48. The molecular weight excluding hydrogens is 334 g/mol. The van der Waals surface area contributed by atoms with E-state index in [1.54, 1.807) is 6.20 Å². The van der Waals surface area contributed by atoms with E-state index in [4.69, 9.17) is 4.99 Å². The molecule has 3 N–H and O–H groups in total. The van der Waals surface area contributed by atoms with Gasteiger partial charge >= 0.3 is 6.03 Å². The largest absolute Gasteiger partial charge is 0.357 e. The number of imide groups is 1. The lowest BCUT2D eigenvalue weighted by molar-refractivity contribution is -0.125. The lowest BCUT2D eigenvalue weighted by atomic mass is 9.79. The molecular formula is C17H27N7O2. The molecule has 0 aliphatic carbocycles. The number of hydrogen-bond acceptors (Lipinski definition) is 4. The molecule has 1 atom stereocenters. The number of urea groups is 1. The SMILES string of the molecule is CCNC(=NCCn1cccn1)N1CCC(C2(C)NC(=O)NC2=O)CC1. The molecule has 2 fully saturated rings. The summed E-state index contributed by atoms with van der Waals surface area (Å²) in [6.45, 7) is 7.67. The van der Waals surface area contributed by atoms with Gasteiger partial charge in [0.15, 0.2) is 5.96 Å². The summed E-state index contributed by atoms with van der Waals surface area (Å²) in [5.41, 5.74) is -0.807. The van der Waals surface area contributed by atoms with Crippen molar-refractivity contribution in [2.75, 3.05) is 26.2 Å². The van der Waals surface area contributed by atoms with E-state index in [1.165, 1.54) is 0 Å². The topological polar surface area (TPSA) is 104 Å². The van der Waals surface area contributed by atoms with Gasteiger partial charge in [-0.25, -0.2) is 4.79 Å². The van der Waals surface area contributed by atoms with Gasteiger partial charge in [0, 0.05) is 32.0 Å². The van der Waals surface area contributed by atoms with Crippen LogP contribution in [0, 0.1) is 5.92 Å². The van der Waals surface area contributed by atoms with Crippen LogP contribution in [0.1, 0.15) is 26.7 Å². The average Bonchev–Trinajstić information content (AvgIpc) is 3.23. The Hall–Kier alpha value is -2.58. The number of hydrogen-bond donors (Lipinski definition) is 3. The van der Waals surface area contributed by atoms with Gasteiger partial charge in [0.25, 0.3) is 5.91 Å². The van der Waals surface area contributed by atoms with E-state index in [-0.39, 0.29) is 11.8 Å². The molecule has 3 rings (SSSR count). The molecule has 9 nitrogen and oxygen atoms in total. The van der Waals surface area contributed by atoms with Gasteiger partial charge in [0.2, 0.25) is 0 Å². The number of nitrogens with one attached hydrogen (secondary N) is 3. The second-order valence-corrected chi connectivity index (χ2v) is 6.88. The van der Waals surface area contributed by atoms with Gasteiger partial charge in [-0.05, 0) is 38.7 Å². The minimum absolute atomic E-state index is 0.122. The van der Waals surface area contributed by atoms with Crippen molar-refractivity contribution in [2.24, 2.45) is 10.9 Å². The molecule has 142 valence electrons. The van der Waals surface area contributed by atoms with Crippen LogP contribution < -0.4 is 16.0 Å². The van der Waals surface area contributed by atoms with Crippen molar-refractivity contribution in [3.8, 4) is 0 Å². The normalized spacial score (nSPS) is 24.5. The van der Waals surface area contributed by atoms with Crippen LogP contribution >= 0.6 is 0 Å². The molecule has 2 saturated heterocycles. The third-order valence-electron chi connectivity index (χ3n) is 5.17. The predicted molar refractivity (Wildman–Crippen MR) is 97.6 cm³/mol. The van der Waals surface area contributed by atoms with Gasteiger partial charge in [0.1, 0.15) is 5.54 Å². The number of amides is 3. The summed E-state index contributed by atoms with van der Waals surface area (Å²) in [6, 6.07) is 1.51. The molecule has 9 heteroatoms. The average molecular weight is 361 g/mol. The van der Waals surface area contributed by atoms with Crippen molar-refractivity contribution in [3.05, 3.63) is 18.5 Å². The number of likely N-dealkylation sites (tertiary alicyclic amines) is 1. The second kappa shape index (κ2) is 7.76. The fourth-order valence-electron chi connectivity index (χ4n) is 3.63. The van der Waals surface area contributed by atoms with E-state index in [1.807, 2.05) is 23.9 Å². The van der Waals surface area contributed by atoms with Crippen molar-refractivity contribution < 1.29 is 9.59 Å². The fourth-order valence-corrected chi connectivity index (χ4v) is 3.63. The smallest absolute Gasteiger partial charge is 0.322 e. The summed E-state index contributed by atoms with van der Waals surface area (Å²) >= 11 is 0. The maximum Gasteiger partial charge on any atom is 0.322 e. The van der Waals surface area contributed by atoms with E-state index >= 15 is 0 Å². The summed E-state index contributed by atoms with van der Waals surface area (Å²) in [7, 11) is 0. The fraction of sp³-hybridized carbons (Fsp3) is 0.647. The Morgan fingerprint density at radius 2 is 2.19 bits per heavy atom. The van der Waals surface area contributed by atoms with E-state index in [0.29, 0.717) is 6.54 Å². The molecule has 2 aliphatic heterocycles. The highest BCUT2D eigenvalue weighted by atomic mass is 16.2. The minimum atomic E-state index is -0.807. The minimum Gasteiger partial charge on any atom is -0.357 e. The molecule has 26 heavy (non-hydrogen) atoms. The molecule has 0 radical (unpaired) electrons. The maximum absolute atomic E-state index is 12.1. The zero-order chi connectivity index (χ0) is 18.6. The van der Waals surface area contributed by atoms with E-state index in [0.717, 1.165) is 45.0 Å². The van der Waals surface area contributed by atoms with Crippen LogP contribution in [-0.4, -0.2) is 64.3 Å². The number of guanidine groups is 1. The van der Waals surface area contributed by atoms with E-state index in [2.05, 4.69) is 32.9 Å². The Kier molecular flexibility index (Phi) is 5.43. The number of carbonyl (C=O) groups is 2. The molecule has 0 aromatic carbocycles. The number of rotatable bonds is 5. The van der Waals surface area contributed by atoms with Gasteiger partial charge in [-0.15, -0.1) is 0 Å². The standard InChI is InChI=1S/C17H27N7O2/c1-3-18-15(19-8-12-24-9-4-7-20-24)23-10-5-13(6-11-23)17(2)14(25)21-16(26)22-17/h4,7,9,13H,3,5-6,8,10-12H2,1-2H3,(H,18,19)(H2,21,22,25,26). The Morgan fingerprint density at radius 1 is 1.42 bits per heavy atom. The van der Waals surface area contributed by atoms with Gasteiger partial charge in [0.05, 0.1) is 13.1 Å². The van der Waals surface area contributed by atoms with Gasteiger partial charge < -0.3 is 15.5 Å². The first-order valence-corrected chi connectivity index (χ1v) is 9.17. The quantitative estimate of drug-likeness (QED) is 0.394. The van der Waals surface area contributed by atoms with Crippen LogP contribution in [0.4, 0.5) is 4.79 Å². The van der Waals surface area contributed by atoms with E-state index < -0.39 is 11.6 Å². The molecule has 1 aromatic heterocycles. The maximum atomic E-state index is 12.1. The summed E-state index contributed by atoms with van der Waals surface area (Å²) in [5, 5.41) is 12.7. The molecule has 3 heterocycles. The van der Waals surface area contributed by atoms with Gasteiger partial charge in [-0.1, -0.05) is 0 Å². The number of piperidine rings is 1. The van der Waals surface area contributed by atoms with Crippen molar-refractivity contribution in [3.63, 3.8) is 0 Å². The van der Waals surface area contributed by atoms with Crippen molar-refractivity contribution in [2.45, 2.75) is 38.8 Å². The van der Waals surface area contributed by atoms with Gasteiger partial charge in [-0.3, -0.25) is 19.8 Å². The molecule has 3 amide bonds. The van der Waals surface area contributed by atoms with Crippen LogP contribution in [0.25, 0.3) is 0 Å². The molecule has 1 unspecified atom stereocenters. The Labute approximate surface area is 153 Å². The van der Waals surface area contributed by atoms with Crippen LogP contribution in [-0.2, 0) is 11.3 Å². The first kappa shape index (κ1) is 18.2. The van der Waals surface area contributed by atoms with Crippen molar-refractivity contribution in [1.29, 1.82) is 0 Å². The third-order valence-corrected chi connectivity index (χ3v) is 5.17. The van der Waals surface area contributed by atoms with Crippen molar-refractivity contribution in [1.82, 2.24) is 30.6 Å². The second-order valence-electron chi connectivity index (χ2n) is 6.88. The number of nitrogens with zero attached hydrogens (tertiary/aromatic N) is 4. The Bertz CT molecular complexity index is 665. The van der Waals surface area contributed by atoms with Crippen LogP contribution in [0.2, 0.25) is 0 Å². The van der Waals surface area contributed by atoms with Gasteiger partial charge in [-0.2, -0.15) is 5.10 Å². The zero-order valence-electron chi connectivity index (χ0n) is 15.4. The first-order chi connectivity index (χ1) is 12.5. The lowest BCUT2D eigenvalue weighted by Crippen LogP contribution is -2.55. The number of aromatic nitrogens is 2. The van der Waals surface area contributed by atoms with E-state index in [9.17, 15) is 9.59 Å². The highest BCUT2D eigenvalue weighted by Crippen LogP contribution is 2.30. The Balaban J connectivity index is 1.57. The van der Waals surface area contributed by atoms with Crippen LogP contribution in [0.15, 0.2) is 23.5 Å². The van der Waals surface area contributed by atoms with Crippen LogP contribution in [0.5, 0.6) is 0 Å². The molecule has 2 aliphatic rings.